The first-order valence-corrected chi connectivity index (χ1v) is 8.44. The number of hydrogen-bond donors (Lipinski definition) is 1. The van der Waals surface area contributed by atoms with Crippen LogP contribution in [0.5, 0.6) is 0 Å². The van der Waals surface area contributed by atoms with Gasteiger partial charge in [-0.3, -0.25) is 0 Å². The van der Waals surface area contributed by atoms with Crippen LogP contribution < -0.4 is 5.32 Å². The van der Waals surface area contributed by atoms with Crippen LogP contribution in [0.4, 0.5) is 0 Å². The zero-order chi connectivity index (χ0) is 13.5. The minimum Gasteiger partial charge on any atom is -0.317 e. The molecule has 3 heteroatoms. The number of nitrogens with one attached hydrogen (secondary N) is 1. The van der Waals surface area contributed by atoms with Gasteiger partial charge in [0.15, 0.2) is 0 Å². The molecule has 1 unspecified atom stereocenters. The van der Waals surface area contributed by atoms with Gasteiger partial charge in [-0.25, -0.2) is 4.98 Å². The van der Waals surface area contributed by atoms with Gasteiger partial charge in [-0.2, -0.15) is 0 Å². The van der Waals surface area contributed by atoms with E-state index in [0.29, 0.717) is 11.8 Å². The summed E-state index contributed by atoms with van der Waals surface area (Å²) in [6, 6.07) is 8.81. The fraction of sp³-hybridized carbons (Fsp3) is 0.471. The van der Waals surface area contributed by atoms with Crippen LogP contribution in [0.25, 0.3) is 11.3 Å². The minimum absolute atomic E-state index is 0.625. The van der Waals surface area contributed by atoms with Crippen molar-refractivity contribution in [1.82, 2.24) is 10.3 Å². The second-order valence-electron chi connectivity index (χ2n) is 6.04. The van der Waals surface area contributed by atoms with Crippen LogP contribution in [0, 0.1) is 0 Å². The lowest BCUT2D eigenvalue weighted by molar-refractivity contribution is 0.459. The Hall–Kier alpha value is -1.19. The molecule has 0 saturated carbocycles. The van der Waals surface area contributed by atoms with E-state index in [2.05, 4.69) is 36.5 Å². The molecule has 0 spiro atoms. The third-order valence-corrected chi connectivity index (χ3v) is 5.88. The summed E-state index contributed by atoms with van der Waals surface area (Å²) in [5.41, 5.74) is 4.12. The van der Waals surface area contributed by atoms with Crippen molar-refractivity contribution in [2.24, 2.45) is 0 Å². The lowest BCUT2D eigenvalue weighted by Gasteiger charge is -2.21. The summed E-state index contributed by atoms with van der Waals surface area (Å²) in [5, 5.41) is 4.82. The van der Waals surface area contributed by atoms with Crippen molar-refractivity contribution in [3.8, 4) is 11.3 Å². The molecule has 0 bridgehead atoms. The fourth-order valence-corrected chi connectivity index (χ4v) is 4.87. The molecule has 20 heavy (non-hydrogen) atoms. The number of hydrogen-bond acceptors (Lipinski definition) is 3. The molecular formula is C17H20N2S. The third kappa shape index (κ3) is 2.00. The van der Waals surface area contributed by atoms with Gasteiger partial charge in [0, 0.05) is 16.4 Å². The molecule has 1 aliphatic carbocycles. The zero-order valence-electron chi connectivity index (χ0n) is 11.9. The van der Waals surface area contributed by atoms with Gasteiger partial charge in [-0.1, -0.05) is 31.2 Å². The number of thiazole rings is 1. The summed E-state index contributed by atoms with van der Waals surface area (Å²) in [6.45, 7) is 4.62. The van der Waals surface area contributed by atoms with Gasteiger partial charge in [-0.05, 0) is 43.8 Å². The van der Waals surface area contributed by atoms with Crippen LogP contribution in [0.3, 0.4) is 0 Å². The van der Waals surface area contributed by atoms with Gasteiger partial charge in [0.25, 0.3) is 0 Å². The van der Waals surface area contributed by atoms with Crippen LogP contribution in [-0.2, 0) is 6.42 Å². The van der Waals surface area contributed by atoms with E-state index < -0.39 is 0 Å². The van der Waals surface area contributed by atoms with E-state index in [9.17, 15) is 0 Å². The van der Waals surface area contributed by atoms with Crippen molar-refractivity contribution >= 4 is 11.3 Å². The highest BCUT2D eigenvalue weighted by Crippen LogP contribution is 2.43. The molecule has 1 fully saturated rings. The Morgan fingerprint density at radius 1 is 1.20 bits per heavy atom. The van der Waals surface area contributed by atoms with Gasteiger partial charge in [0.1, 0.15) is 0 Å². The topological polar surface area (TPSA) is 24.9 Å². The second kappa shape index (κ2) is 4.97. The average molecular weight is 284 g/mol. The van der Waals surface area contributed by atoms with E-state index in [-0.39, 0.29) is 0 Å². The Kier molecular flexibility index (Phi) is 3.12. The number of aromatic nitrogens is 1. The Bertz CT molecular complexity index is 626. The van der Waals surface area contributed by atoms with Crippen molar-refractivity contribution < 1.29 is 0 Å². The summed E-state index contributed by atoms with van der Waals surface area (Å²) >= 11 is 1.97. The van der Waals surface area contributed by atoms with Gasteiger partial charge in [0.2, 0.25) is 0 Å². The molecule has 0 amide bonds. The number of piperidine rings is 1. The maximum atomic E-state index is 5.04. The number of benzene rings is 1. The Morgan fingerprint density at radius 2 is 2.00 bits per heavy atom. The Balaban J connectivity index is 1.76. The smallest absolute Gasteiger partial charge is 0.0967 e. The normalized spacial score (nSPS) is 22.4. The monoisotopic (exact) mass is 284 g/mol. The van der Waals surface area contributed by atoms with Gasteiger partial charge >= 0.3 is 0 Å². The lowest BCUT2D eigenvalue weighted by atomic mass is 9.85. The van der Waals surface area contributed by atoms with Crippen LogP contribution >= 0.6 is 11.3 Å². The van der Waals surface area contributed by atoms with Crippen LogP contribution in [0.15, 0.2) is 24.3 Å². The second-order valence-corrected chi connectivity index (χ2v) is 7.16. The van der Waals surface area contributed by atoms with E-state index in [1.807, 2.05) is 11.3 Å². The van der Waals surface area contributed by atoms with E-state index in [4.69, 9.17) is 4.98 Å². The summed E-state index contributed by atoms with van der Waals surface area (Å²) in [7, 11) is 0. The number of nitrogens with zero attached hydrogens (tertiary/aromatic N) is 1. The van der Waals surface area contributed by atoms with Crippen molar-refractivity contribution in [2.45, 2.75) is 38.0 Å². The maximum Gasteiger partial charge on any atom is 0.0967 e. The molecule has 2 heterocycles. The van der Waals surface area contributed by atoms with Crippen LogP contribution in [-0.4, -0.2) is 18.1 Å². The average Bonchev–Trinajstić information content (AvgIpc) is 2.93. The van der Waals surface area contributed by atoms with Crippen molar-refractivity contribution in [2.75, 3.05) is 13.1 Å². The number of fused-ring (bicyclic) bond motifs is 3. The minimum atomic E-state index is 0.625. The van der Waals surface area contributed by atoms with Gasteiger partial charge < -0.3 is 5.32 Å². The molecule has 1 aromatic carbocycles. The third-order valence-electron chi connectivity index (χ3n) is 4.64. The molecular weight excluding hydrogens is 264 g/mol. The summed E-state index contributed by atoms with van der Waals surface area (Å²) in [4.78, 5) is 6.55. The molecule has 2 aromatic rings. The van der Waals surface area contributed by atoms with Crippen molar-refractivity contribution in [3.63, 3.8) is 0 Å². The molecule has 1 saturated heterocycles. The maximum absolute atomic E-state index is 5.04. The van der Waals surface area contributed by atoms with E-state index in [1.165, 1.54) is 39.5 Å². The van der Waals surface area contributed by atoms with E-state index in [1.54, 1.807) is 0 Å². The van der Waals surface area contributed by atoms with Crippen LogP contribution in [0.2, 0.25) is 0 Å². The lowest BCUT2D eigenvalue weighted by Crippen LogP contribution is -2.26. The molecule has 0 radical (unpaired) electrons. The number of rotatable bonds is 1. The van der Waals surface area contributed by atoms with E-state index in [0.717, 1.165) is 19.5 Å². The predicted octanol–water partition coefficient (Wildman–Crippen LogP) is 3.94. The quantitative estimate of drug-likeness (QED) is 0.858. The molecule has 2 aliphatic rings. The van der Waals surface area contributed by atoms with Gasteiger partial charge in [-0.15, -0.1) is 11.3 Å². The summed E-state index contributed by atoms with van der Waals surface area (Å²) < 4.78 is 0. The molecule has 1 aliphatic heterocycles. The van der Waals surface area contributed by atoms with Crippen molar-refractivity contribution in [1.29, 1.82) is 0 Å². The molecule has 1 aromatic heterocycles. The zero-order valence-corrected chi connectivity index (χ0v) is 12.7. The highest BCUT2D eigenvalue weighted by Gasteiger charge is 2.27. The molecule has 1 N–H and O–H groups in total. The molecule has 2 nitrogen and oxygen atoms in total. The molecule has 4 rings (SSSR count). The first-order chi connectivity index (χ1) is 9.83. The standard InChI is InChI=1S/C17H20N2S/c1-11-10-15-16(14-5-3-2-4-13(11)14)19-17(20-15)12-6-8-18-9-7-12/h2-5,11-12,18H,6-10H2,1H3. The summed E-state index contributed by atoms with van der Waals surface area (Å²) in [6.07, 6.45) is 3.64. The molecule has 1 atom stereocenters. The van der Waals surface area contributed by atoms with E-state index >= 15 is 0 Å². The highest BCUT2D eigenvalue weighted by molar-refractivity contribution is 7.12. The first kappa shape index (κ1) is 12.5. The van der Waals surface area contributed by atoms with Crippen LogP contribution in [0.1, 0.15) is 47.0 Å². The van der Waals surface area contributed by atoms with Gasteiger partial charge in [0.05, 0.1) is 10.7 Å². The largest absolute Gasteiger partial charge is 0.317 e. The summed E-state index contributed by atoms with van der Waals surface area (Å²) in [5.74, 6) is 1.30. The first-order valence-electron chi connectivity index (χ1n) is 7.62. The van der Waals surface area contributed by atoms with Crippen molar-refractivity contribution in [3.05, 3.63) is 39.7 Å². The fourth-order valence-electron chi connectivity index (χ4n) is 3.49. The molecule has 104 valence electrons. The predicted molar refractivity (Wildman–Crippen MR) is 84.5 cm³/mol. The SMILES string of the molecule is CC1Cc2sc(C3CCNCC3)nc2-c2ccccc21. The Labute approximate surface area is 124 Å². The highest BCUT2D eigenvalue weighted by atomic mass is 32.1. The Morgan fingerprint density at radius 3 is 2.85 bits per heavy atom.